The zero-order valence-corrected chi connectivity index (χ0v) is 16.0. The molecule has 6 nitrogen and oxygen atoms in total. The van der Waals surface area contributed by atoms with Crippen LogP contribution in [0.5, 0.6) is 11.5 Å². The molecule has 142 valence electrons. The van der Waals surface area contributed by atoms with Crippen LogP contribution in [0.25, 0.3) is 0 Å². The summed E-state index contributed by atoms with van der Waals surface area (Å²) < 4.78 is 11.0. The Kier molecular flexibility index (Phi) is 5.08. The molecule has 0 unspecified atom stereocenters. The van der Waals surface area contributed by atoms with Crippen LogP contribution in [-0.2, 0) is 15.0 Å². The van der Waals surface area contributed by atoms with Crippen LogP contribution in [0.3, 0.4) is 0 Å². The van der Waals surface area contributed by atoms with Crippen molar-refractivity contribution < 1.29 is 19.1 Å². The first-order valence-electron chi connectivity index (χ1n) is 8.87. The van der Waals surface area contributed by atoms with E-state index in [2.05, 4.69) is 31.4 Å². The van der Waals surface area contributed by atoms with E-state index in [4.69, 9.17) is 9.47 Å². The highest BCUT2D eigenvalue weighted by Gasteiger charge is 2.23. The van der Waals surface area contributed by atoms with Gasteiger partial charge in [0.15, 0.2) is 12.7 Å². The van der Waals surface area contributed by atoms with Gasteiger partial charge in [-0.25, -0.2) is 0 Å². The zero-order valence-electron chi connectivity index (χ0n) is 16.0. The third kappa shape index (κ3) is 4.58. The number of amides is 2. The molecule has 1 atom stereocenters. The number of benzene rings is 2. The highest BCUT2D eigenvalue weighted by atomic mass is 16.5. The van der Waals surface area contributed by atoms with Crippen molar-refractivity contribution in [2.75, 3.05) is 17.2 Å². The average molecular weight is 368 g/mol. The molecule has 2 N–H and O–H groups in total. The monoisotopic (exact) mass is 368 g/mol. The van der Waals surface area contributed by atoms with Crippen molar-refractivity contribution in [2.45, 2.75) is 39.2 Å². The van der Waals surface area contributed by atoms with Gasteiger partial charge in [-0.2, -0.15) is 0 Å². The summed E-state index contributed by atoms with van der Waals surface area (Å²) >= 11 is 0. The Morgan fingerprint density at radius 1 is 1.19 bits per heavy atom. The molecule has 0 saturated heterocycles. The fourth-order valence-electron chi connectivity index (χ4n) is 2.68. The lowest BCUT2D eigenvalue weighted by molar-refractivity contribution is -0.122. The molecule has 0 bridgehead atoms. The summed E-state index contributed by atoms with van der Waals surface area (Å²) in [5.74, 6) is 0.716. The van der Waals surface area contributed by atoms with Crippen molar-refractivity contribution in [1.29, 1.82) is 0 Å². The Morgan fingerprint density at radius 2 is 1.89 bits per heavy atom. The van der Waals surface area contributed by atoms with Gasteiger partial charge in [-0.15, -0.1) is 0 Å². The van der Waals surface area contributed by atoms with Gasteiger partial charge >= 0.3 is 0 Å². The third-order valence-electron chi connectivity index (χ3n) is 4.28. The molecular formula is C21H24N2O4. The van der Waals surface area contributed by atoms with E-state index in [1.807, 2.05) is 24.3 Å². The molecule has 0 aliphatic carbocycles. The van der Waals surface area contributed by atoms with Gasteiger partial charge in [-0.3, -0.25) is 9.59 Å². The summed E-state index contributed by atoms with van der Waals surface area (Å²) in [4.78, 5) is 23.8. The summed E-state index contributed by atoms with van der Waals surface area (Å²) in [6.45, 7) is 8.00. The lowest BCUT2D eigenvalue weighted by Gasteiger charge is -2.23. The summed E-state index contributed by atoms with van der Waals surface area (Å²) in [5, 5.41) is 5.51. The molecule has 2 amide bonds. The SMILES string of the molecule is C[C@@H]1Oc2ccc(NC(=O)COc3ccc(C(C)(C)C)cc3)cc2NC1=O. The number of anilines is 2. The third-order valence-corrected chi connectivity index (χ3v) is 4.28. The minimum absolute atomic E-state index is 0.0687. The lowest BCUT2D eigenvalue weighted by Crippen LogP contribution is -2.34. The van der Waals surface area contributed by atoms with Crippen molar-refractivity contribution in [3.05, 3.63) is 48.0 Å². The van der Waals surface area contributed by atoms with E-state index in [0.717, 1.165) is 0 Å². The maximum Gasteiger partial charge on any atom is 0.265 e. The van der Waals surface area contributed by atoms with Crippen LogP contribution in [0.2, 0.25) is 0 Å². The summed E-state index contributed by atoms with van der Waals surface area (Å²) in [6.07, 6.45) is -0.531. The number of nitrogens with one attached hydrogen (secondary N) is 2. The van der Waals surface area contributed by atoms with E-state index in [0.29, 0.717) is 22.9 Å². The van der Waals surface area contributed by atoms with Crippen molar-refractivity contribution >= 4 is 23.2 Å². The molecule has 2 aromatic rings. The van der Waals surface area contributed by atoms with Crippen molar-refractivity contribution in [1.82, 2.24) is 0 Å². The molecule has 2 aromatic carbocycles. The first-order valence-corrected chi connectivity index (χ1v) is 8.87. The number of ether oxygens (including phenoxy) is 2. The number of hydrogen-bond acceptors (Lipinski definition) is 4. The number of rotatable bonds is 4. The molecule has 0 spiro atoms. The van der Waals surface area contributed by atoms with Crippen molar-refractivity contribution in [3.63, 3.8) is 0 Å². The van der Waals surface area contributed by atoms with Gasteiger partial charge in [0.25, 0.3) is 11.8 Å². The van der Waals surface area contributed by atoms with Crippen LogP contribution in [0.4, 0.5) is 11.4 Å². The van der Waals surface area contributed by atoms with Gasteiger partial charge < -0.3 is 20.1 Å². The average Bonchev–Trinajstić information content (AvgIpc) is 2.61. The first kappa shape index (κ1) is 18.8. The molecule has 1 heterocycles. The predicted molar refractivity (Wildman–Crippen MR) is 104 cm³/mol. The Morgan fingerprint density at radius 3 is 2.56 bits per heavy atom. The summed E-state index contributed by atoms with van der Waals surface area (Å²) in [7, 11) is 0. The summed E-state index contributed by atoms with van der Waals surface area (Å²) in [5.41, 5.74) is 2.37. The molecule has 1 aliphatic rings. The molecule has 0 fully saturated rings. The molecule has 1 aliphatic heterocycles. The van der Waals surface area contributed by atoms with Gasteiger partial charge in [0, 0.05) is 5.69 Å². The van der Waals surface area contributed by atoms with Gasteiger partial charge in [0.05, 0.1) is 5.69 Å². The molecule has 0 radical (unpaired) electrons. The Hall–Kier alpha value is -3.02. The van der Waals surface area contributed by atoms with Gasteiger partial charge in [-0.05, 0) is 48.2 Å². The second-order valence-electron chi connectivity index (χ2n) is 7.57. The topological polar surface area (TPSA) is 76.7 Å². The van der Waals surface area contributed by atoms with E-state index < -0.39 is 6.10 Å². The highest BCUT2D eigenvalue weighted by molar-refractivity contribution is 5.99. The quantitative estimate of drug-likeness (QED) is 0.862. The molecular weight excluding hydrogens is 344 g/mol. The minimum Gasteiger partial charge on any atom is -0.484 e. The molecule has 0 saturated carbocycles. The van der Waals surface area contributed by atoms with Crippen LogP contribution in [-0.4, -0.2) is 24.5 Å². The van der Waals surface area contributed by atoms with E-state index in [-0.39, 0.29) is 23.8 Å². The van der Waals surface area contributed by atoms with Gasteiger partial charge in [-0.1, -0.05) is 32.9 Å². The van der Waals surface area contributed by atoms with Crippen LogP contribution in [0.1, 0.15) is 33.3 Å². The van der Waals surface area contributed by atoms with Crippen LogP contribution < -0.4 is 20.1 Å². The second kappa shape index (κ2) is 7.31. The van der Waals surface area contributed by atoms with Crippen molar-refractivity contribution in [3.8, 4) is 11.5 Å². The predicted octanol–water partition coefficient (Wildman–Crippen LogP) is 3.72. The molecule has 6 heteroatoms. The molecule has 0 aromatic heterocycles. The van der Waals surface area contributed by atoms with Crippen LogP contribution >= 0.6 is 0 Å². The maximum absolute atomic E-state index is 12.1. The van der Waals surface area contributed by atoms with E-state index in [9.17, 15) is 9.59 Å². The largest absolute Gasteiger partial charge is 0.484 e. The normalized spacial score (nSPS) is 16.0. The second-order valence-corrected chi connectivity index (χ2v) is 7.57. The molecule has 27 heavy (non-hydrogen) atoms. The van der Waals surface area contributed by atoms with Gasteiger partial charge in [0.2, 0.25) is 0 Å². The number of hydrogen-bond donors (Lipinski definition) is 2. The van der Waals surface area contributed by atoms with E-state index in [1.54, 1.807) is 25.1 Å². The van der Waals surface area contributed by atoms with Crippen LogP contribution in [0, 0.1) is 0 Å². The minimum atomic E-state index is -0.531. The first-order chi connectivity index (χ1) is 12.7. The smallest absolute Gasteiger partial charge is 0.265 e. The Labute approximate surface area is 158 Å². The standard InChI is InChI=1S/C21H24N2O4/c1-13-20(25)23-17-11-15(7-10-18(17)27-13)22-19(24)12-26-16-8-5-14(6-9-16)21(2,3)4/h5-11,13H,12H2,1-4H3,(H,22,24)(H,23,25)/t13-/m0/s1. The van der Waals surface area contributed by atoms with E-state index in [1.165, 1.54) is 5.56 Å². The van der Waals surface area contributed by atoms with Crippen molar-refractivity contribution in [2.24, 2.45) is 0 Å². The highest BCUT2D eigenvalue weighted by Crippen LogP contribution is 2.32. The number of fused-ring (bicyclic) bond motifs is 1. The fraction of sp³-hybridized carbons (Fsp3) is 0.333. The number of carbonyl (C=O) groups excluding carboxylic acids is 2. The summed E-state index contributed by atoms with van der Waals surface area (Å²) in [6, 6.07) is 12.8. The lowest BCUT2D eigenvalue weighted by atomic mass is 9.87. The van der Waals surface area contributed by atoms with Crippen LogP contribution in [0.15, 0.2) is 42.5 Å². The zero-order chi connectivity index (χ0) is 19.6. The van der Waals surface area contributed by atoms with Gasteiger partial charge in [0.1, 0.15) is 11.5 Å². The Balaban J connectivity index is 1.57. The maximum atomic E-state index is 12.1. The fourth-order valence-corrected chi connectivity index (χ4v) is 2.68. The van der Waals surface area contributed by atoms with E-state index >= 15 is 0 Å². The molecule has 3 rings (SSSR count). The Bertz CT molecular complexity index is 853. The number of carbonyl (C=O) groups is 2.